The van der Waals surface area contributed by atoms with Gasteiger partial charge in [0.2, 0.25) is 0 Å². The third-order valence-corrected chi connectivity index (χ3v) is 2.36. The molecule has 0 saturated carbocycles. The highest BCUT2D eigenvalue weighted by molar-refractivity contribution is 9.12. The van der Waals surface area contributed by atoms with Crippen LogP contribution in [0, 0.1) is 0 Å². The Labute approximate surface area is 84.5 Å². The summed E-state index contributed by atoms with van der Waals surface area (Å²) in [5.74, 6) is 0. The Bertz CT molecular complexity index is 281. The van der Waals surface area contributed by atoms with Crippen LogP contribution < -0.4 is 0 Å². The van der Waals surface area contributed by atoms with Gasteiger partial charge in [0, 0.05) is 16.4 Å². The number of allylic oxidation sites excluding steroid dienone is 3. The smallest absolute Gasteiger partial charge is 0.256 e. The van der Waals surface area contributed by atoms with Crippen LogP contribution in [-0.4, -0.2) is 17.9 Å². The van der Waals surface area contributed by atoms with Crippen LogP contribution in [0.5, 0.6) is 0 Å². The average Bonchev–Trinajstić information content (AvgIpc) is 1.98. The normalized spacial score (nSPS) is 17.6. The van der Waals surface area contributed by atoms with Gasteiger partial charge in [-0.2, -0.15) is 0 Å². The quantitative estimate of drug-likeness (QED) is 0.727. The molecule has 0 aliphatic carbocycles. The van der Waals surface area contributed by atoms with E-state index in [9.17, 15) is 8.78 Å². The van der Waals surface area contributed by atoms with Gasteiger partial charge in [-0.3, -0.25) is 0 Å². The van der Waals surface area contributed by atoms with Crippen molar-refractivity contribution in [1.82, 2.24) is 4.90 Å². The maximum Gasteiger partial charge on any atom is 0.256 e. The first-order valence-corrected chi connectivity index (χ1v) is 4.59. The number of halogens is 3. The molecule has 1 aliphatic heterocycles. The monoisotopic (exact) mass is 249 g/mol. The predicted molar refractivity (Wildman–Crippen MR) is 52.6 cm³/mol. The summed E-state index contributed by atoms with van der Waals surface area (Å²) in [5, 5.41) is 0. The van der Waals surface area contributed by atoms with Crippen LogP contribution in [0.25, 0.3) is 0 Å². The third-order valence-electron chi connectivity index (χ3n) is 1.67. The minimum Gasteiger partial charge on any atom is -0.342 e. The highest BCUT2D eigenvalue weighted by Crippen LogP contribution is 2.27. The second-order valence-corrected chi connectivity index (χ2v) is 3.71. The molecule has 0 aromatic heterocycles. The largest absolute Gasteiger partial charge is 0.342 e. The van der Waals surface area contributed by atoms with Crippen LogP contribution in [-0.2, 0) is 0 Å². The molecule has 0 radical (unpaired) electrons. The highest BCUT2D eigenvalue weighted by Gasteiger charge is 2.16. The highest BCUT2D eigenvalue weighted by atomic mass is 79.9. The van der Waals surface area contributed by atoms with Crippen molar-refractivity contribution < 1.29 is 8.78 Å². The van der Waals surface area contributed by atoms with E-state index in [0.29, 0.717) is 5.70 Å². The average molecular weight is 250 g/mol. The molecule has 0 bridgehead atoms. The van der Waals surface area contributed by atoms with Crippen molar-refractivity contribution in [3.05, 3.63) is 34.6 Å². The van der Waals surface area contributed by atoms with Crippen molar-refractivity contribution in [2.45, 2.75) is 13.3 Å². The molecule has 4 heteroatoms. The van der Waals surface area contributed by atoms with Gasteiger partial charge in [-0.05, 0) is 34.5 Å². The summed E-state index contributed by atoms with van der Waals surface area (Å²) in [6.07, 6.45) is 1.17. The van der Waals surface area contributed by atoms with Gasteiger partial charge in [0.15, 0.2) is 0 Å². The maximum absolute atomic E-state index is 12.1. The van der Waals surface area contributed by atoms with Crippen molar-refractivity contribution in [2.75, 3.05) is 6.54 Å². The Balaban J connectivity index is 2.78. The molecule has 0 saturated heterocycles. The van der Waals surface area contributed by atoms with E-state index in [2.05, 4.69) is 22.5 Å². The lowest BCUT2D eigenvalue weighted by atomic mass is 10.2. The molecule has 1 aliphatic rings. The van der Waals surface area contributed by atoms with E-state index in [-0.39, 0.29) is 6.54 Å². The number of hydrogen-bond acceptors (Lipinski definition) is 1. The number of alkyl halides is 2. The predicted octanol–water partition coefficient (Wildman–Crippen LogP) is 3.26. The van der Waals surface area contributed by atoms with E-state index in [0.717, 1.165) is 10.1 Å². The zero-order valence-electron chi connectivity index (χ0n) is 7.23. The van der Waals surface area contributed by atoms with Crippen LogP contribution in [0.4, 0.5) is 8.78 Å². The molecular weight excluding hydrogens is 240 g/mol. The molecule has 13 heavy (non-hydrogen) atoms. The fourth-order valence-corrected chi connectivity index (χ4v) is 1.68. The first kappa shape index (κ1) is 10.4. The fraction of sp³-hybridized carbons (Fsp3) is 0.333. The van der Waals surface area contributed by atoms with Crippen LogP contribution in [0.3, 0.4) is 0 Å². The molecule has 0 aromatic rings. The minimum absolute atomic E-state index is 0.306. The molecule has 0 amide bonds. The van der Waals surface area contributed by atoms with Crippen molar-refractivity contribution in [1.29, 1.82) is 0 Å². The summed E-state index contributed by atoms with van der Waals surface area (Å²) in [6, 6.07) is 0. The molecule has 0 atom stereocenters. The van der Waals surface area contributed by atoms with Gasteiger partial charge >= 0.3 is 0 Å². The SMILES string of the molecule is C=C1C(Br)=CC(C)=CN1CC(F)F. The second-order valence-electron chi connectivity index (χ2n) is 2.86. The van der Waals surface area contributed by atoms with Crippen LogP contribution in [0.15, 0.2) is 34.6 Å². The summed E-state index contributed by atoms with van der Waals surface area (Å²) in [5.41, 5.74) is 1.51. The molecule has 1 rings (SSSR count). The van der Waals surface area contributed by atoms with Gasteiger partial charge in [0.1, 0.15) is 0 Å². The zero-order valence-corrected chi connectivity index (χ0v) is 8.81. The second kappa shape index (κ2) is 4.05. The van der Waals surface area contributed by atoms with Gasteiger partial charge in [-0.25, -0.2) is 8.78 Å². The molecule has 0 fully saturated rings. The Morgan fingerprint density at radius 2 is 2.23 bits per heavy atom. The first-order chi connectivity index (χ1) is 6.00. The Morgan fingerprint density at radius 1 is 1.62 bits per heavy atom. The summed E-state index contributed by atoms with van der Waals surface area (Å²) in [6.45, 7) is 5.24. The van der Waals surface area contributed by atoms with Crippen LogP contribution in [0.1, 0.15) is 6.92 Å². The van der Waals surface area contributed by atoms with Gasteiger partial charge < -0.3 is 4.90 Å². The van der Waals surface area contributed by atoms with Crippen LogP contribution in [0.2, 0.25) is 0 Å². The van der Waals surface area contributed by atoms with E-state index < -0.39 is 6.43 Å². The van der Waals surface area contributed by atoms with Crippen molar-refractivity contribution in [3.8, 4) is 0 Å². The van der Waals surface area contributed by atoms with E-state index in [1.54, 1.807) is 6.20 Å². The van der Waals surface area contributed by atoms with Crippen molar-refractivity contribution >= 4 is 15.9 Å². The van der Waals surface area contributed by atoms with E-state index in [1.165, 1.54) is 4.90 Å². The molecular formula is C9H10BrF2N. The molecule has 0 aromatic carbocycles. The zero-order chi connectivity index (χ0) is 10.0. The Morgan fingerprint density at radius 3 is 2.77 bits per heavy atom. The molecule has 0 N–H and O–H groups in total. The van der Waals surface area contributed by atoms with Gasteiger partial charge in [-0.1, -0.05) is 6.58 Å². The lowest BCUT2D eigenvalue weighted by molar-refractivity contribution is 0.120. The lowest BCUT2D eigenvalue weighted by Gasteiger charge is -2.26. The topological polar surface area (TPSA) is 3.24 Å². The van der Waals surface area contributed by atoms with Gasteiger partial charge in [0.05, 0.1) is 6.54 Å². The Hall–Kier alpha value is -0.640. The fourth-order valence-electron chi connectivity index (χ4n) is 1.09. The van der Waals surface area contributed by atoms with Crippen LogP contribution >= 0.6 is 15.9 Å². The summed E-state index contributed by atoms with van der Waals surface area (Å²) >= 11 is 3.26. The van der Waals surface area contributed by atoms with Crippen molar-refractivity contribution in [3.63, 3.8) is 0 Å². The standard InChI is InChI=1S/C9H10BrF2N/c1-6-3-8(10)7(2)13(4-6)5-9(11)12/h3-4,9H,2,5H2,1H3. The Kier molecular flexibility index (Phi) is 3.25. The minimum atomic E-state index is -2.35. The molecule has 0 spiro atoms. The van der Waals surface area contributed by atoms with Gasteiger partial charge in [0.25, 0.3) is 6.43 Å². The van der Waals surface area contributed by atoms with E-state index >= 15 is 0 Å². The number of rotatable bonds is 2. The molecule has 1 heterocycles. The molecule has 72 valence electrons. The molecule has 1 nitrogen and oxygen atoms in total. The van der Waals surface area contributed by atoms with E-state index in [1.807, 2.05) is 13.0 Å². The first-order valence-electron chi connectivity index (χ1n) is 3.80. The maximum atomic E-state index is 12.1. The molecule has 0 unspecified atom stereocenters. The number of nitrogens with zero attached hydrogens (tertiary/aromatic N) is 1. The van der Waals surface area contributed by atoms with E-state index in [4.69, 9.17) is 0 Å². The lowest BCUT2D eigenvalue weighted by Crippen LogP contribution is -2.24. The summed E-state index contributed by atoms with van der Waals surface area (Å²) in [7, 11) is 0. The summed E-state index contributed by atoms with van der Waals surface area (Å²) < 4.78 is 25.0. The summed E-state index contributed by atoms with van der Waals surface area (Å²) in [4.78, 5) is 1.45. The third kappa shape index (κ3) is 2.66. The number of hydrogen-bond donors (Lipinski definition) is 0. The van der Waals surface area contributed by atoms with Crippen molar-refractivity contribution in [2.24, 2.45) is 0 Å². The van der Waals surface area contributed by atoms with Gasteiger partial charge in [-0.15, -0.1) is 0 Å².